The largest absolute Gasteiger partial charge is 0.493 e. The molecule has 1 saturated heterocycles. The lowest BCUT2D eigenvalue weighted by molar-refractivity contribution is -0.144. The first-order valence-electron chi connectivity index (χ1n) is 8.80. The Balaban J connectivity index is 1.87. The molecule has 154 valence electrons. The van der Waals surface area contributed by atoms with Crippen molar-refractivity contribution in [3.63, 3.8) is 0 Å². The molecule has 1 unspecified atom stereocenters. The van der Waals surface area contributed by atoms with E-state index in [2.05, 4.69) is 4.90 Å². The molecule has 9 heteroatoms. The first-order valence-corrected chi connectivity index (χ1v) is 8.80. The highest BCUT2D eigenvalue weighted by atomic mass is 19.4. The van der Waals surface area contributed by atoms with Crippen molar-refractivity contribution in [1.29, 1.82) is 0 Å². The number of β-amino-alcohol motifs (C(OH)–C–C–N with tert-alkyl or cyclic N) is 1. The molecule has 1 aromatic carbocycles. The number of hydrogen-bond donors (Lipinski definition) is 1. The van der Waals surface area contributed by atoms with Crippen molar-refractivity contribution in [2.24, 2.45) is 0 Å². The number of morpholine rings is 1. The van der Waals surface area contributed by atoms with E-state index in [9.17, 15) is 18.3 Å². The summed E-state index contributed by atoms with van der Waals surface area (Å²) in [6.07, 6.45) is -4.90. The lowest BCUT2D eigenvalue weighted by atomic mass is 10.2. The van der Waals surface area contributed by atoms with Crippen LogP contribution in [0.3, 0.4) is 0 Å². The van der Waals surface area contributed by atoms with E-state index in [1.807, 2.05) is 0 Å². The molecule has 0 amide bonds. The molecular formula is C18H27F3N2O4. The number of nitrogens with zero attached hydrogens (tertiary/aromatic N) is 2. The smallest absolute Gasteiger partial charge is 0.401 e. The van der Waals surface area contributed by atoms with Gasteiger partial charge in [-0.3, -0.25) is 9.80 Å². The van der Waals surface area contributed by atoms with E-state index in [4.69, 9.17) is 14.2 Å². The molecular weight excluding hydrogens is 365 g/mol. The molecule has 6 nitrogen and oxygen atoms in total. The number of ether oxygens (including phenoxy) is 3. The molecule has 1 aliphatic heterocycles. The Morgan fingerprint density at radius 1 is 1.26 bits per heavy atom. The highest BCUT2D eigenvalue weighted by molar-refractivity contribution is 5.43. The summed E-state index contributed by atoms with van der Waals surface area (Å²) in [4.78, 5) is 3.29. The Morgan fingerprint density at radius 3 is 2.59 bits per heavy atom. The Labute approximate surface area is 157 Å². The summed E-state index contributed by atoms with van der Waals surface area (Å²) in [5.41, 5.74) is 0.680. The van der Waals surface area contributed by atoms with E-state index in [1.165, 1.54) is 19.1 Å². The number of aliphatic hydroxyl groups is 1. The van der Waals surface area contributed by atoms with Crippen LogP contribution in [-0.2, 0) is 11.3 Å². The molecule has 1 aromatic rings. The summed E-state index contributed by atoms with van der Waals surface area (Å²) in [6.45, 7) is 2.61. The third-order valence-electron chi connectivity index (χ3n) is 4.13. The van der Waals surface area contributed by atoms with Crippen LogP contribution in [0.2, 0.25) is 0 Å². The molecule has 1 aliphatic rings. The zero-order valence-corrected chi connectivity index (χ0v) is 15.7. The van der Waals surface area contributed by atoms with Gasteiger partial charge in [0.15, 0.2) is 11.5 Å². The van der Waals surface area contributed by atoms with Crippen LogP contribution >= 0.6 is 0 Å². The summed E-state index contributed by atoms with van der Waals surface area (Å²) in [6, 6.07) is 4.99. The summed E-state index contributed by atoms with van der Waals surface area (Å²) in [5, 5.41) is 10.1. The Kier molecular flexibility index (Phi) is 8.15. The minimum absolute atomic E-state index is 0.0983. The van der Waals surface area contributed by atoms with E-state index < -0.39 is 18.8 Å². The predicted molar refractivity (Wildman–Crippen MR) is 94.1 cm³/mol. The van der Waals surface area contributed by atoms with Crippen molar-refractivity contribution in [1.82, 2.24) is 9.80 Å². The lowest BCUT2D eigenvalue weighted by Gasteiger charge is -2.28. The summed E-state index contributed by atoms with van der Waals surface area (Å²) < 4.78 is 53.5. The van der Waals surface area contributed by atoms with E-state index in [0.29, 0.717) is 36.8 Å². The maximum absolute atomic E-state index is 12.4. The molecule has 1 N–H and O–H groups in total. The standard InChI is InChI=1S/C18H27F3N2O4/c1-22(13-18(19,20)21)10-14-3-4-16(17(9-14)25-2)27-12-15(24)11-23-5-7-26-8-6-23/h3-4,9,15,24H,5-8,10-13H2,1-2H3. The van der Waals surface area contributed by atoms with E-state index in [0.717, 1.165) is 13.1 Å². The number of halogens is 3. The molecule has 2 rings (SSSR count). The van der Waals surface area contributed by atoms with Crippen LogP contribution in [0.15, 0.2) is 18.2 Å². The fraction of sp³-hybridized carbons (Fsp3) is 0.667. The number of alkyl halides is 3. The quantitative estimate of drug-likeness (QED) is 0.691. The van der Waals surface area contributed by atoms with Gasteiger partial charge in [-0.1, -0.05) is 6.07 Å². The van der Waals surface area contributed by atoms with Gasteiger partial charge in [0, 0.05) is 26.2 Å². The maximum atomic E-state index is 12.4. The van der Waals surface area contributed by atoms with Gasteiger partial charge in [0.05, 0.1) is 26.9 Å². The normalized spacial score (nSPS) is 17.1. The van der Waals surface area contributed by atoms with Crippen LogP contribution in [0, 0.1) is 0 Å². The van der Waals surface area contributed by atoms with Crippen molar-refractivity contribution in [3.05, 3.63) is 23.8 Å². The molecule has 0 saturated carbocycles. The van der Waals surface area contributed by atoms with E-state index in [-0.39, 0.29) is 13.2 Å². The topological polar surface area (TPSA) is 54.4 Å². The first-order chi connectivity index (χ1) is 12.8. The van der Waals surface area contributed by atoms with Crippen molar-refractivity contribution >= 4 is 0 Å². The van der Waals surface area contributed by atoms with Crippen molar-refractivity contribution in [2.75, 3.05) is 60.2 Å². The Hall–Kier alpha value is -1.55. The van der Waals surface area contributed by atoms with Gasteiger partial charge in [-0.25, -0.2) is 0 Å². The molecule has 0 radical (unpaired) electrons. The molecule has 1 heterocycles. The van der Waals surface area contributed by atoms with Crippen LogP contribution < -0.4 is 9.47 Å². The van der Waals surface area contributed by atoms with Crippen LogP contribution in [0.25, 0.3) is 0 Å². The monoisotopic (exact) mass is 392 g/mol. The fourth-order valence-electron chi connectivity index (χ4n) is 2.92. The number of hydrogen-bond acceptors (Lipinski definition) is 6. The van der Waals surface area contributed by atoms with E-state index >= 15 is 0 Å². The van der Waals surface area contributed by atoms with Gasteiger partial charge in [-0.15, -0.1) is 0 Å². The van der Waals surface area contributed by atoms with Crippen LogP contribution in [0.4, 0.5) is 13.2 Å². The van der Waals surface area contributed by atoms with Crippen LogP contribution in [0.5, 0.6) is 11.5 Å². The van der Waals surface area contributed by atoms with Gasteiger partial charge in [-0.2, -0.15) is 13.2 Å². The Bertz CT molecular complexity index is 580. The summed E-state index contributed by atoms with van der Waals surface area (Å²) >= 11 is 0. The minimum atomic E-state index is -4.24. The SMILES string of the molecule is COc1cc(CN(C)CC(F)(F)F)ccc1OCC(O)CN1CCOCC1. The number of benzene rings is 1. The average molecular weight is 392 g/mol. The molecule has 0 spiro atoms. The summed E-state index contributed by atoms with van der Waals surface area (Å²) in [5.74, 6) is 0.868. The molecule has 0 bridgehead atoms. The second-order valence-electron chi connectivity index (χ2n) is 6.65. The molecule has 27 heavy (non-hydrogen) atoms. The second kappa shape index (κ2) is 10.1. The first kappa shape index (κ1) is 21.7. The average Bonchev–Trinajstić information content (AvgIpc) is 2.59. The van der Waals surface area contributed by atoms with Crippen LogP contribution in [-0.4, -0.2) is 87.3 Å². The highest BCUT2D eigenvalue weighted by Gasteiger charge is 2.29. The van der Waals surface area contributed by atoms with Gasteiger partial charge in [0.25, 0.3) is 0 Å². The lowest BCUT2D eigenvalue weighted by Crippen LogP contribution is -2.42. The van der Waals surface area contributed by atoms with Crippen molar-refractivity contribution in [3.8, 4) is 11.5 Å². The van der Waals surface area contributed by atoms with Gasteiger partial charge in [-0.05, 0) is 24.7 Å². The highest BCUT2D eigenvalue weighted by Crippen LogP contribution is 2.29. The van der Waals surface area contributed by atoms with Gasteiger partial charge in [0.2, 0.25) is 0 Å². The molecule has 0 aliphatic carbocycles. The summed E-state index contributed by atoms with van der Waals surface area (Å²) in [7, 11) is 2.88. The second-order valence-corrected chi connectivity index (χ2v) is 6.65. The van der Waals surface area contributed by atoms with Crippen molar-refractivity contribution in [2.45, 2.75) is 18.8 Å². The zero-order chi connectivity index (χ0) is 19.9. The number of aliphatic hydroxyl groups excluding tert-OH is 1. The molecule has 1 fully saturated rings. The van der Waals surface area contributed by atoms with Gasteiger partial charge >= 0.3 is 6.18 Å². The predicted octanol–water partition coefficient (Wildman–Crippen LogP) is 1.76. The van der Waals surface area contributed by atoms with Crippen LogP contribution in [0.1, 0.15) is 5.56 Å². The van der Waals surface area contributed by atoms with Gasteiger partial charge in [0.1, 0.15) is 12.7 Å². The number of rotatable bonds is 9. The fourth-order valence-corrected chi connectivity index (χ4v) is 2.92. The van der Waals surface area contributed by atoms with Gasteiger partial charge < -0.3 is 19.3 Å². The third kappa shape index (κ3) is 7.92. The number of methoxy groups -OCH3 is 1. The van der Waals surface area contributed by atoms with Crippen molar-refractivity contribution < 1.29 is 32.5 Å². The Morgan fingerprint density at radius 2 is 1.96 bits per heavy atom. The third-order valence-corrected chi connectivity index (χ3v) is 4.13. The maximum Gasteiger partial charge on any atom is 0.401 e. The minimum Gasteiger partial charge on any atom is -0.493 e. The molecule has 1 atom stereocenters. The molecule has 0 aromatic heterocycles. The van der Waals surface area contributed by atoms with E-state index in [1.54, 1.807) is 18.2 Å². The zero-order valence-electron chi connectivity index (χ0n) is 15.7.